The van der Waals surface area contributed by atoms with Gasteiger partial charge in [-0.05, 0) is 34.1 Å². The molecule has 23 heavy (non-hydrogen) atoms. The Morgan fingerprint density at radius 1 is 1.48 bits per heavy atom. The second-order valence-corrected chi connectivity index (χ2v) is 6.18. The molecule has 1 heterocycles. The topological polar surface area (TPSA) is 125 Å². The summed E-state index contributed by atoms with van der Waals surface area (Å²) in [6.45, 7) is 0. The highest BCUT2D eigenvalue weighted by Gasteiger charge is 2.21. The van der Waals surface area contributed by atoms with Crippen LogP contribution in [0.2, 0.25) is 0 Å². The summed E-state index contributed by atoms with van der Waals surface area (Å²) in [6.07, 6.45) is 0.698. The number of aromatic nitrogens is 4. The SMILES string of the molecule is COc1ccc(C[C@H](NC(=O)O)c2nnn(C[S+](C)[O-])n2)cc1. The molecule has 0 saturated heterocycles. The Labute approximate surface area is 135 Å². The van der Waals surface area contributed by atoms with Crippen LogP contribution in [0.25, 0.3) is 0 Å². The van der Waals surface area contributed by atoms with E-state index in [2.05, 4.69) is 20.7 Å². The van der Waals surface area contributed by atoms with E-state index in [1.54, 1.807) is 19.2 Å². The number of hydrogen-bond acceptors (Lipinski definition) is 6. The molecule has 2 rings (SSSR count). The number of methoxy groups -OCH3 is 1. The molecule has 9 nitrogen and oxygen atoms in total. The number of benzene rings is 1. The van der Waals surface area contributed by atoms with Crippen molar-refractivity contribution in [1.82, 2.24) is 25.5 Å². The number of rotatable bonds is 7. The van der Waals surface area contributed by atoms with E-state index in [-0.39, 0.29) is 11.7 Å². The van der Waals surface area contributed by atoms with E-state index < -0.39 is 23.3 Å². The summed E-state index contributed by atoms with van der Waals surface area (Å²) < 4.78 is 16.3. The van der Waals surface area contributed by atoms with Gasteiger partial charge in [0.1, 0.15) is 11.8 Å². The minimum Gasteiger partial charge on any atom is -0.615 e. The fourth-order valence-corrected chi connectivity index (χ4v) is 2.40. The molecular weight excluding hydrogens is 322 g/mol. The quantitative estimate of drug-likeness (QED) is 0.706. The molecule has 124 valence electrons. The van der Waals surface area contributed by atoms with Gasteiger partial charge in [-0.1, -0.05) is 12.1 Å². The zero-order valence-corrected chi connectivity index (χ0v) is 13.5. The predicted octanol–water partition coefficient (Wildman–Crippen LogP) is 0.569. The van der Waals surface area contributed by atoms with Gasteiger partial charge in [-0.3, -0.25) is 0 Å². The van der Waals surface area contributed by atoms with Crippen LogP contribution in [0, 0.1) is 0 Å². The minimum absolute atomic E-state index is 0.106. The number of carboxylic acid groups (broad SMARTS) is 1. The Morgan fingerprint density at radius 2 is 2.17 bits per heavy atom. The number of hydrogen-bond donors (Lipinski definition) is 2. The van der Waals surface area contributed by atoms with E-state index in [1.807, 2.05) is 12.1 Å². The molecule has 0 spiro atoms. The highest BCUT2D eigenvalue weighted by molar-refractivity contribution is 7.89. The Kier molecular flexibility index (Phi) is 5.77. The monoisotopic (exact) mass is 339 g/mol. The molecule has 0 saturated carbocycles. The van der Waals surface area contributed by atoms with Crippen LogP contribution in [0.15, 0.2) is 24.3 Å². The number of tetrazole rings is 1. The molecule has 0 radical (unpaired) electrons. The van der Waals surface area contributed by atoms with Crippen molar-refractivity contribution < 1.29 is 19.2 Å². The smallest absolute Gasteiger partial charge is 0.405 e. The summed E-state index contributed by atoms with van der Waals surface area (Å²) in [4.78, 5) is 12.2. The maximum absolute atomic E-state index is 11.2. The standard InChI is InChI=1S/C13H17N5O4S/c1-22-10-5-3-9(4-6-10)7-11(14-13(19)20)12-15-17-18(16-12)8-23(2)21/h3-6,11,14H,7-8H2,1-2H3,(H,19,20)/t11-,23?/m0/s1. The van der Waals surface area contributed by atoms with Crippen molar-refractivity contribution in [3.63, 3.8) is 0 Å². The first kappa shape index (κ1) is 17.0. The molecule has 2 aromatic rings. The maximum atomic E-state index is 11.2. The lowest BCUT2D eigenvalue weighted by Crippen LogP contribution is -2.29. The first-order valence-corrected chi connectivity index (χ1v) is 8.40. The van der Waals surface area contributed by atoms with Gasteiger partial charge in [-0.2, -0.15) is 0 Å². The molecule has 1 amide bonds. The number of nitrogens with one attached hydrogen (secondary N) is 1. The number of amides is 1. The maximum Gasteiger partial charge on any atom is 0.405 e. The molecule has 1 aromatic heterocycles. The lowest BCUT2D eigenvalue weighted by molar-refractivity contribution is 0.189. The van der Waals surface area contributed by atoms with Crippen LogP contribution >= 0.6 is 0 Å². The molecule has 2 N–H and O–H groups in total. The van der Waals surface area contributed by atoms with E-state index in [0.29, 0.717) is 12.2 Å². The second kappa shape index (κ2) is 7.79. The number of ether oxygens (including phenoxy) is 1. The second-order valence-electron chi connectivity index (χ2n) is 4.78. The van der Waals surface area contributed by atoms with Gasteiger partial charge in [0.15, 0.2) is 5.82 Å². The van der Waals surface area contributed by atoms with E-state index in [0.717, 1.165) is 5.56 Å². The Hall–Kier alpha value is -2.33. The molecule has 0 aliphatic heterocycles. The molecule has 2 atom stereocenters. The number of carbonyl (C=O) groups is 1. The fraction of sp³-hybridized carbons (Fsp3) is 0.385. The van der Waals surface area contributed by atoms with Crippen LogP contribution < -0.4 is 10.1 Å². The Balaban J connectivity index is 2.15. The normalized spacial score (nSPS) is 13.3. The molecule has 1 aromatic carbocycles. The minimum atomic E-state index is -1.18. The van der Waals surface area contributed by atoms with Crippen LogP contribution in [-0.2, 0) is 23.5 Å². The molecule has 0 bridgehead atoms. The van der Waals surface area contributed by atoms with Crippen LogP contribution in [0.5, 0.6) is 5.75 Å². The summed E-state index contributed by atoms with van der Waals surface area (Å²) in [5.74, 6) is 1.05. The van der Waals surface area contributed by atoms with Gasteiger partial charge in [0.2, 0.25) is 5.88 Å². The van der Waals surface area contributed by atoms with Crippen molar-refractivity contribution in [2.45, 2.75) is 18.3 Å². The third-order valence-electron chi connectivity index (χ3n) is 2.97. The highest BCUT2D eigenvalue weighted by Crippen LogP contribution is 2.18. The van der Waals surface area contributed by atoms with Crippen molar-refractivity contribution in [2.24, 2.45) is 0 Å². The van der Waals surface area contributed by atoms with Crippen LogP contribution in [0.4, 0.5) is 4.79 Å². The van der Waals surface area contributed by atoms with Crippen molar-refractivity contribution in [1.29, 1.82) is 0 Å². The van der Waals surface area contributed by atoms with E-state index in [4.69, 9.17) is 9.84 Å². The van der Waals surface area contributed by atoms with Crippen molar-refractivity contribution in [3.05, 3.63) is 35.7 Å². The average Bonchev–Trinajstić information content (AvgIpc) is 2.94. The summed E-state index contributed by atoms with van der Waals surface area (Å²) >= 11 is -1.12. The third-order valence-corrected chi connectivity index (χ3v) is 3.57. The molecular formula is C13H17N5O4S. The predicted molar refractivity (Wildman–Crippen MR) is 82.5 cm³/mol. The molecule has 0 aliphatic rings. The van der Waals surface area contributed by atoms with Gasteiger partial charge in [0.25, 0.3) is 0 Å². The van der Waals surface area contributed by atoms with Gasteiger partial charge in [-0.15, -0.1) is 15.0 Å². The van der Waals surface area contributed by atoms with Gasteiger partial charge >= 0.3 is 6.09 Å². The first-order chi connectivity index (χ1) is 11.0. The van der Waals surface area contributed by atoms with E-state index in [9.17, 15) is 9.35 Å². The Morgan fingerprint density at radius 3 is 2.74 bits per heavy atom. The van der Waals surface area contributed by atoms with E-state index in [1.165, 1.54) is 11.1 Å². The average molecular weight is 339 g/mol. The zero-order valence-electron chi connectivity index (χ0n) is 12.7. The van der Waals surface area contributed by atoms with Crippen molar-refractivity contribution in [2.75, 3.05) is 13.4 Å². The fourth-order valence-electron chi connectivity index (χ4n) is 1.97. The molecule has 0 fully saturated rings. The lowest BCUT2D eigenvalue weighted by Gasteiger charge is -2.13. The van der Waals surface area contributed by atoms with Gasteiger partial charge in [0.05, 0.1) is 13.4 Å². The first-order valence-electron chi connectivity index (χ1n) is 6.68. The van der Waals surface area contributed by atoms with Gasteiger partial charge < -0.3 is 19.7 Å². The lowest BCUT2D eigenvalue weighted by atomic mass is 10.1. The largest absolute Gasteiger partial charge is 0.615 e. The zero-order chi connectivity index (χ0) is 16.8. The van der Waals surface area contributed by atoms with Gasteiger partial charge in [0, 0.05) is 6.42 Å². The summed E-state index contributed by atoms with van der Waals surface area (Å²) in [5.41, 5.74) is 0.889. The highest BCUT2D eigenvalue weighted by atomic mass is 32.2. The molecule has 1 unspecified atom stereocenters. The van der Waals surface area contributed by atoms with Crippen LogP contribution in [-0.4, -0.2) is 49.3 Å². The van der Waals surface area contributed by atoms with Crippen molar-refractivity contribution in [3.8, 4) is 5.75 Å². The summed E-state index contributed by atoms with van der Waals surface area (Å²) in [5, 5.41) is 23.1. The van der Waals surface area contributed by atoms with Gasteiger partial charge in [-0.25, -0.2) is 4.79 Å². The van der Waals surface area contributed by atoms with E-state index >= 15 is 0 Å². The van der Waals surface area contributed by atoms with Crippen LogP contribution in [0.3, 0.4) is 0 Å². The van der Waals surface area contributed by atoms with Crippen molar-refractivity contribution >= 4 is 17.3 Å². The molecule has 0 aliphatic carbocycles. The molecule has 10 heteroatoms. The third kappa shape index (κ3) is 5.11. The Bertz CT molecular complexity index is 646. The number of nitrogens with zero attached hydrogens (tertiary/aromatic N) is 4. The summed E-state index contributed by atoms with van der Waals surface area (Å²) in [6, 6.07) is 6.59. The summed E-state index contributed by atoms with van der Waals surface area (Å²) in [7, 11) is 1.57. The van der Waals surface area contributed by atoms with Crippen LogP contribution in [0.1, 0.15) is 17.4 Å².